The number of hydrazone groups is 1. The predicted octanol–water partition coefficient (Wildman–Crippen LogP) is 5.32. The number of thioether (sulfide) groups is 1. The first-order valence-corrected chi connectivity index (χ1v) is 12.7. The maximum absolute atomic E-state index is 13.8. The van der Waals surface area contributed by atoms with Crippen molar-refractivity contribution in [2.45, 2.75) is 31.1 Å². The number of rotatable bonds is 6. The first-order chi connectivity index (χ1) is 17.9. The molecule has 7 nitrogen and oxygen atoms in total. The summed E-state index contributed by atoms with van der Waals surface area (Å²) in [5.41, 5.74) is 3.69. The Kier molecular flexibility index (Phi) is 7.05. The Morgan fingerprint density at radius 3 is 2.70 bits per heavy atom. The minimum absolute atomic E-state index is 0.0844. The molecular weight excluding hydrogens is 491 g/mol. The van der Waals surface area contributed by atoms with Gasteiger partial charge in [-0.25, -0.2) is 9.40 Å². The third-order valence-electron chi connectivity index (χ3n) is 6.25. The molecule has 3 aromatic rings. The lowest BCUT2D eigenvalue weighted by molar-refractivity contribution is -0.121. The summed E-state index contributed by atoms with van der Waals surface area (Å²) in [5.74, 6) is -0.452. The van der Waals surface area contributed by atoms with E-state index in [2.05, 4.69) is 10.3 Å². The average molecular weight is 517 g/mol. The van der Waals surface area contributed by atoms with Crippen molar-refractivity contribution in [2.75, 3.05) is 12.4 Å². The normalized spacial score (nSPS) is 19.0. The minimum Gasteiger partial charge on any atom is -0.497 e. The van der Waals surface area contributed by atoms with Crippen molar-refractivity contribution in [1.29, 1.82) is 0 Å². The molecule has 1 N–H and O–H groups in total. The van der Waals surface area contributed by atoms with Crippen molar-refractivity contribution in [2.24, 2.45) is 10.1 Å². The van der Waals surface area contributed by atoms with Crippen LogP contribution in [0.25, 0.3) is 0 Å². The number of carbonyl (C=O) groups is 2. The Balaban J connectivity index is 1.35. The SMILES string of the molecule is COc1cccc([C@H]2CC(c3ccccc3)=NN2C2=NC(=O)[C@H](CC(=O)Nc3ccc(C)c(F)c3)S2)c1. The van der Waals surface area contributed by atoms with Crippen LogP contribution in [0.15, 0.2) is 82.9 Å². The van der Waals surface area contributed by atoms with E-state index in [0.717, 1.165) is 22.6 Å². The second kappa shape index (κ2) is 10.6. The Labute approximate surface area is 218 Å². The lowest BCUT2D eigenvalue weighted by atomic mass is 9.98. The number of hydrogen-bond acceptors (Lipinski definition) is 6. The monoisotopic (exact) mass is 516 g/mol. The molecule has 2 aliphatic heterocycles. The summed E-state index contributed by atoms with van der Waals surface area (Å²) >= 11 is 1.22. The van der Waals surface area contributed by atoms with E-state index in [0.29, 0.717) is 22.8 Å². The van der Waals surface area contributed by atoms with E-state index in [1.807, 2.05) is 54.6 Å². The lowest BCUT2D eigenvalue weighted by Gasteiger charge is -2.23. The molecule has 188 valence electrons. The van der Waals surface area contributed by atoms with Gasteiger partial charge in [-0.3, -0.25) is 9.59 Å². The van der Waals surface area contributed by atoms with E-state index in [4.69, 9.17) is 9.84 Å². The summed E-state index contributed by atoms with van der Waals surface area (Å²) in [7, 11) is 1.62. The number of nitrogens with one attached hydrogen (secondary N) is 1. The number of halogens is 1. The van der Waals surface area contributed by atoms with Crippen molar-refractivity contribution in [3.63, 3.8) is 0 Å². The maximum Gasteiger partial charge on any atom is 0.262 e. The number of aryl methyl sites for hydroxylation is 1. The first kappa shape index (κ1) is 24.7. The number of benzene rings is 3. The fourth-order valence-electron chi connectivity index (χ4n) is 4.26. The van der Waals surface area contributed by atoms with Gasteiger partial charge in [0.2, 0.25) is 5.91 Å². The molecule has 0 aliphatic carbocycles. The third kappa shape index (κ3) is 5.41. The van der Waals surface area contributed by atoms with Crippen molar-refractivity contribution >= 4 is 40.1 Å². The topological polar surface area (TPSA) is 83.4 Å². The third-order valence-corrected chi connectivity index (χ3v) is 7.39. The maximum atomic E-state index is 13.8. The Morgan fingerprint density at radius 1 is 1.14 bits per heavy atom. The zero-order valence-electron chi connectivity index (χ0n) is 20.3. The van der Waals surface area contributed by atoms with Crippen molar-refractivity contribution in [3.8, 4) is 5.75 Å². The highest BCUT2D eigenvalue weighted by molar-refractivity contribution is 8.15. The molecule has 0 bridgehead atoms. The predicted molar refractivity (Wildman–Crippen MR) is 143 cm³/mol. The molecule has 0 saturated heterocycles. The van der Waals surface area contributed by atoms with Crippen LogP contribution in [-0.4, -0.2) is 40.1 Å². The van der Waals surface area contributed by atoms with Gasteiger partial charge in [0.1, 0.15) is 16.8 Å². The second-order valence-corrected chi connectivity index (χ2v) is 9.98. The fraction of sp³-hybridized carbons (Fsp3) is 0.214. The van der Waals surface area contributed by atoms with Gasteiger partial charge < -0.3 is 10.1 Å². The molecule has 2 aliphatic rings. The highest BCUT2D eigenvalue weighted by atomic mass is 32.2. The van der Waals surface area contributed by atoms with Gasteiger partial charge in [0.25, 0.3) is 5.91 Å². The van der Waals surface area contributed by atoms with Crippen LogP contribution in [0, 0.1) is 12.7 Å². The largest absolute Gasteiger partial charge is 0.497 e. The fourth-order valence-corrected chi connectivity index (χ4v) is 5.32. The molecule has 2 atom stereocenters. The molecular formula is C28H25FN4O3S. The Morgan fingerprint density at radius 2 is 1.95 bits per heavy atom. The van der Waals surface area contributed by atoms with Gasteiger partial charge in [-0.05, 0) is 47.9 Å². The van der Waals surface area contributed by atoms with Crippen molar-refractivity contribution in [3.05, 3.63) is 95.3 Å². The number of carbonyl (C=O) groups excluding carboxylic acids is 2. The molecule has 2 heterocycles. The number of hydrogen-bond donors (Lipinski definition) is 1. The number of methoxy groups -OCH3 is 1. The zero-order valence-corrected chi connectivity index (χ0v) is 21.2. The van der Waals surface area contributed by atoms with Crippen molar-refractivity contribution < 1.29 is 18.7 Å². The van der Waals surface area contributed by atoms with Gasteiger partial charge in [0, 0.05) is 18.5 Å². The molecule has 3 aromatic carbocycles. The highest BCUT2D eigenvalue weighted by Gasteiger charge is 2.39. The van der Waals surface area contributed by atoms with E-state index in [1.165, 1.54) is 17.8 Å². The lowest BCUT2D eigenvalue weighted by Crippen LogP contribution is -2.25. The molecule has 0 fully saturated rings. The van der Waals surface area contributed by atoms with E-state index in [9.17, 15) is 14.0 Å². The van der Waals surface area contributed by atoms with E-state index in [1.54, 1.807) is 31.2 Å². The van der Waals surface area contributed by atoms with Crippen LogP contribution in [0.3, 0.4) is 0 Å². The minimum atomic E-state index is -0.688. The zero-order chi connectivity index (χ0) is 25.9. The molecule has 0 aromatic heterocycles. The van der Waals surface area contributed by atoms with E-state index in [-0.39, 0.29) is 18.4 Å². The summed E-state index contributed by atoms with van der Waals surface area (Å²) in [4.78, 5) is 29.7. The van der Waals surface area contributed by atoms with Crippen LogP contribution in [0.5, 0.6) is 5.75 Å². The molecule has 0 radical (unpaired) electrons. The van der Waals surface area contributed by atoms with Gasteiger partial charge in [0.15, 0.2) is 5.17 Å². The number of aliphatic imine (C=N–C) groups is 1. The summed E-state index contributed by atoms with van der Waals surface area (Å²) in [6, 6.07) is 21.9. The smallest absolute Gasteiger partial charge is 0.262 e. The van der Waals surface area contributed by atoms with Gasteiger partial charge in [-0.2, -0.15) is 10.1 Å². The van der Waals surface area contributed by atoms with Crippen LogP contribution in [-0.2, 0) is 9.59 Å². The summed E-state index contributed by atoms with van der Waals surface area (Å²) in [6.07, 6.45) is 0.536. The van der Waals surface area contributed by atoms with E-state index < -0.39 is 17.0 Å². The molecule has 9 heteroatoms. The number of nitrogens with zero attached hydrogens (tertiary/aromatic N) is 3. The number of amidine groups is 1. The Hall–Kier alpha value is -3.98. The Bertz CT molecular complexity index is 1410. The molecule has 0 saturated carbocycles. The summed E-state index contributed by atoms with van der Waals surface area (Å²) in [6.45, 7) is 1.65. The number of amides is 2. The molecule has 2 amide bonds. The molecule has 37 heavy (non-hydrogen) atoms. The van der Waals surface area contributed by atoms with Gasteiger partial charge in [-0.15, -0.1) is 0 Å². The quantitative estimate of drug-likeness (QED) is 0.480. The van der Waals surface area contributed by atoms with Crippen LogP contribution >= 0.6 is 11.8 Å². The van der Waals surface area contributed by atoms with Gasteiger partial charge >= 0.3 is 0 Å². The van der Waals surface area contributed by atoms with E-state index >= 15 is 0 Å². The standard InChI is InChI=1S/C28H25FN4O3S/c1-17-11-12-20(14-22(17)29)30-26(34)16-25-27(35)31-28(37-25)33-24(19-9-6-10-21(13-19)36-2)15-23(32-33)18-7-4-3-5-8-18/h3-14,24-25H,15-16H2,1-2H3,(H,30,34)/t24-,25+/m1/s1. The molecule has 5 rings (SSSR count). The summed E-state index contributed by atoms with van der Waals surface area (Å²) < 4.78 is 19.3. The molecule has 0 spiro atoms. The second-order valence-electron chi connectivity index (χ2n) is 8.81. The number of ether oxygens (including phenoxy) is 1. The first-order valence-electron chi connectivity index (χ1n) is 11.8. The van der Waals surface area contributed by atoms with Crippen LogP contribution in [0.2, 0.25) is 0 Å². The van der Waals surface area contributed by atoms with Gasteiger partial charge in [0.05, 0.1) is 18.9 Å². The van der Waals surface area contributed by atoms with Crippen LogP contribution < -0.4 is 10.1 Å². The average Bonchev–Trinajstić information content (AvgIpc) is 3.51. The number of anilines is 1. The van der Waals surface area contributed by atoms with Crippen LogP contribution in [0.4, 0.5) is 10.1 Å². The highest BCUT2D eigenvalue weighted by Crippen LogP contribution is 2.39. The summed E-state index contributed by atoms with van der Waals surface area (Å²) in [5, 5.41) is 9.05. The van der Waals surface area contributed by atoms with Crippen LogP contribution in [0.1, 0.15) is 35.6 Å². The van der Waals surface area contributed by atoms with Gasteiger partial charge in [-0.1, -0.05) is 60.3 Å². The molecule has 0 unspecified atom stereocenters. The van der Waals surface area contributed by atoms with Crippen molar-refractivity contribution in [1.82, 2.24) is 5.01 Å².